The van der Waals surface area contributed by atoms with Gasteiger partial charge in [-0.15, -0.1) is 0 Å². The molecule has 1 aliphatic rings. The topological polar surface area (TPSA) is 76.5 Å². The zero-order valence-corrected chi connectivity index (χ0v) is 18.7. The van der Waals surface area contributed by atoms with Crippen molar-refractivity contribution in [1.82, 2.24) is 15.1 Å². The van der Waals surface area contributed by atoms with Crippen molar-refractivity contribution in [1.29, 1.82) is 0 Å². The molecular formula is C25H28N4O3. The Balaban J connectivity index is 1.27. The van der Waals surface area contributed by atoms with Gasteiger partial charge >= 0.3 is 0 Å². The monoisotopic (exact) mass is 432 g/mol. The fourth-order valence-corrected chi connectivity index (χ4v) is 3.93. The van der Waals surface area contributed by atoms with Gasteiger partial charge in [0.25, 0.3) is 5.91 Å². The largest absolute Gasteiger partial charge is 0.479 e. The van der Waals surface area contributed by atoms with Gasteiger partial charge in [-0.1, -0.05) is 24.3 Å². The Labute approximate surface area is 188 Å². The Hall–Kier alpha value is -3.61. The van der Waals surface area contributed by atoms with Gasteiger partial charge in [-0.2, -0.15) is 5.10 Å². The van der Waals surface area contributed by atoms with E-state index in [1.807, 2.05) is 61.0 Å². The summed E-state index contributed by atoms with van der Waals surface area (Å²) in [6.07, 6.45) is 0.425. The molecule has 2 aromatic carbocycles. The highest BCUT2D eigenvalue weighted by Crippen LogP contribution is 2.33. The van der Waals surface area contributed by atoms with E-state index in [4.69, 9.17) is 4.74 Å². The standard InChI is InChI=1S/C25H28N4O3/c1-17-16-18(2)29(27-17)21-10-8-20(9-11-21)12-14-26-24(30)13-15-28-22-6-4-5-7-23(22)32-19(3)25(28)31/h4-11,16,19H,12-15H2,1-3H3,(H,26,30). The third-order valence-corrected chi connectivity index (χ3v) is 5.56. The predicted molar refractivity (Wildman–Crippen MR) is 123 cm³/mol. The lowest BCUT2D eigenvalue weighted by Gasteiger charge is -2.32. The van der Waals surface area contributed by atoms with Crippen LogP contribution in [0.2, 0.25) is 0 Å². The highest BCUT2D eigenvalue weighted by Gasteiger charge is 2.31. The molecular weight excluding hydrogens is 404 g/mol. The van der Waals surface area contributed by atoms with Crippen LogP contribution >= 0.6 is 0 Å². The molecule has 1 N–H and O–H groups in total. The molecule has 0 aliphatic carbocycles. The number of nitrogens with zero attached hydrogens (tertiary/aromatic N) is 3. The van der Waals surface area contributed by atoms with E-state index in [2.05, 4.69) is 22.5 Å². The molecule has 1 aliphatic heterocycles. The summed E-state index contributed by atoms with van der Waals surface area (Å²) in [5.41, 5.74) is 4.96. The van der Waals surface area contributed by atoms with Crippen molar-refractivity contribution in [2.45, 2.75) is 39.7 Å². The van der Waals surface area contributed by atoms with Gasteiger partial charge in [0.1, 0.15) is 5.75 Å². The van der Waals surface area contributed by atoms with Crippen LogP contribution in [0.15, 0.2) is 54.6 Å². The number of carbonyl (C=O) groups excluding carboxylic acids is 2. The summed E-state index contributed by atoms with van der Waals surface area (Å²) in [6, 6.07) is 17.7. The minimum absolute atomic E-state index is 0.0753. The number of carbonyl (C=O) groups is 2. The average molecular weight is 433 g/mol. The predicted octanol–water partition coefficient (Wildman–Crippen LogP) is 3.35. The van der Waals surface area contributed by atoms with Crippen molar-refractivity contribution < 1.29 is 14.3 Å². The summed E-state index contributed by atoms with van der Waals surface area (Å²) in [7, 11) is 0. The first-order valence-electron chi connectivity index (χ1n) is 10.9. The minimum Gasteiger partial charge on any atom is -0.479 e. The molecule has 1 atom stereocenters. The van der Waals surface area contributed by atoms with E-state index in [-0.39, 0.29) is 18.2 Å². The maximum absolute atomic E-state index is 12.5. The first-order chi connectivity index (χ1) is 15.4. The molecule has 32 heavy (non-hydrogen) atoms. The van der Waals surface area contributed by atoms with Crippen LogP contribution in [0.3, 0.4) is 0 Å². The van der Waals surface area contributed by atoms with Crippen molar-refractivity contribution in [2.75, 3.05) is 18.0 Å². The maximum Gasteiger partial charge on any atom is 0.267 e. The summed E-state index contributed by atoms with van der Waals surface area (Å²) in [6.45, 7) is 6.61. The zero-order valence-electron chi connectivity index (χ0n) is 18.7. The highest BCUT2D eigenvalue weighted by molar-refractivity contribution is 6.00. The average Bonchev–Trinajstić information content (AvgIpc) is 3.12. The van der Waals surface area contributed by atoms with Crippen molar-refractivity contribution in [3.8, 4) is 11.4 Å². The van der Waals surface area contributed by atoms with Crippen molar-refractivity contribution in [3.63, 3.8) is 0 Å². The van der Waals surface area contributed by atoms with Gasteiger partial charge in [0, 0.05) is 25.2 Å². The summed E-state index contributed by atoms with van der Waals surface area (Å²) in [4.78, 5) is 26.5. The molecule has 7 heteroatoms. The molecule has 0 saturated carbocycles. The van der Waals surface area contributed by atoms with Gasteiger partial charge in [0.2, 0.25) is 5.91 Å². The number of anilines is 1. The lowest BCUT2D eigenvalue weighted by molar-refractivity contribution is -0.125. The van der Waals surface area contributed by atoms with E-state index in [0.29, 0.717) is 24.5 Å². The van der Waals surface area contributed by atoms with Crippen molar-refractivity contribution in [3.05, 3.63) is 71.5 Å². The summed E-state index contributed by atoms with van der Waals surface area (Å²) >= 11 is 0. The van der Waals surface area contributed by atoms with Crippen molar-refractivity contribution in [2.24, 2.45) is 0 Å². The number of rotatable bonds is 7. The number of para-hydroxylation sites is 2. The fraction of sp³-hybridized carbons (Fsp3) is 0.320. The molecule has 2 heterocycles. The quantitative estimate of drug-likeness (QED) is 0.621. The Kier molecular flexibility index (Phi) is 6.25. The van der Waals surface area contributed by atoms with Gasteiger partial charge in [-0.25, -0.2) is 4.68 Å². The number of hydrogen-bond donors (Lipinski definition) is 1. The van der Waals surface area contributed by atoms with Gasteiger partial charge in [-0.3, -0.25) is 9.59 Å². The second-order valence-electron chi connectivity index (χ2n) is 8.07. The first kappa shape index (κ1) is 21.6. The molecule has 7 nitrogen and oxygen atoms in total. The van der Waals surface area contributed by atoms with Crippen LogP contribution in [0.4, 0.5) is 5.69 Å². The third-order valence-electron chi connectivity index (χ3n) is 5.56. The normalized spacial score (nSPS) is 15.3. The number of fused-ring (bicyclic) bond motifs is 1. The molecule has 1 unspecified atom stereocenters. The van der Waals surface area contributed by atoms with Crippen LogP contribution in [-0.2, 0) is 16.0 Å². The first-order valence-corrected chi connectivity index (χ1v) is 10.9. The van der Waals surface area contributed by atoms with E-state index in [1.54, 1.807) is 11.8 Å². The van der Waals surface area contributed by atoms with Crippen LogP contribution in [0, 0.1) is 13.8 Å². The van der Waals surface area contributed by atoms with Crippen LogP contribution in [0.1, 0.15) is 30.3 Å². The lowest BCUT2D eigenvalue weighted by Crippen LogP contribution is -2.45. The third kappa shape index (κ3) is 4.66. The summed E-state index contributed by atoms with van der Waals surface area (Å²) in [5, 5.41) is 7.46. The number of nitrogens with one attached hydrogen (secondary N) is 1. The number of aromatic nitrogens is 2. The summed E-state index contributed by atoms with van der Waals surface area (Å²) < 4.78 is 7.57. The molecule has 0 fully saturated rings. The van der Waals surface area contributed by atoms with E-state index in [9.17, 15) is 9.59 Å². The molecule has 0 radical (unpaired) electrons. The molecule has 0 saturated heterocycles. The Morgan fingerprint density at radius 1 is 1.12 bits per heavy atom. The lowest BCUT2D eigenvalue weighted by atomic mass is 10.1. The second kappa shape index (κ2) is 9.26. The Bertz CT molecular complexity index is 1120. The molecule has 3 aromatic rings. The molecule has 0 spiro atoms. The van der Waals surface area contributed by atoms with Gasteiger partial charge in [0.05, 0.1) is 17.1 Å². The highest BCUT2D eigenvalue weighted by atomic mass is 16.5. The van der Waals surface area contributed by atoms with E-state index < -0.39 is 6.10 Å². The second-order valence-corrected chi connectivity index (χ2v) is 8.07. The number of hydrogen-bond acceptors (Lipinski definition) is 4. The molecule has 166 valence electrons. The zero-order chi connectivity index (χ0) is 22.7. The molecule has 2 amide bonds. The summed E-state index contributed by atoms with van der Waals surface area (Å²) in [5.74, 6) is 0.469. The van der Waals surface area contributed by atoms with Crippen LogP contribution < -0.4 is 15.0 Å². The van der Waals surface area contributed by atoms with Gasteiger partial charge < -0.3 is 15.0 Å². The van der Waals surface area contributed by atoms with Gasteiger partial charge in [-0.05, 0) is 63.1 Å². The minimum atomic E-state index is -0.551. The molecule has 1 aromatic heterocycles. The van der Waals surface area contributed by atoms with E-state index in [0.717, 1.165) is 29.1 Å². The fourth-order valence-electron chi connectivity index (χ4n) is 3.93. The van der Waals surface area contributed by atoms with Gasteiger partial charge in [0.15, 0.2) is 6.10 Å². The van der Waals surface area contributed by atoms with E-state index >= 15 is 0 Å². The Morgan fingerprint density at radius 3 is 2.59 bits per heavy atom. The number of ether oxygens (including phenoxy) is 1. The number of aryl methyl sites for hydroxylation is 2. The SMILES string of the molecule is Cc1cc(C)n(-c2ccc(CCNC(=O)CCN3C(=O)C(C)Oc4ccccc43)cc2)n1. The van der Waals surface area contributed by atoms with Crippen LogP contribution in [0.25, 0.3) is 5.69 Å². The van der Waals surface area contributed by atoms with Crippen LogP contribution in [0.5, 0.6) is 5.75 Å². The molecule has 0 bridgehead atoms. The maximum atomic E-state index is 12.5. The smallest absolute Gasteiger partial charge is 0.267 e. The Morgan fingerprint density at radius 2 is 1.88 bits per heavy atom. The molecule has 4 rings (SSSR count). The van der Waals surface area contributed by atoms with Crippen LogP contribution in [-0.4, -0.2) is 40.8 Å². The van der Waals surface area contributed by atoms with E-state index in [1.165, 1.54) is 0 Å². The number of benzene rings is 2. The number of amides is 2. The van der Waals surface area contributed by atoms with Crippen molar-refractivity contribution >= 4 is 17.5 Å².